The fourth-order valence-corrected chi connectivity index (χ4v) is 3.08. The number of imide groups is 1. The number of carboxylic acid groups (broad SMARTS) is 2. The lowest BCUT2D eigenvalue weighted by Crippen LogP contribution is -2.31. The fraction of sp³-hybridized carbons (Fsp3) is 0.280. The van der Waals surface area contributed by atoms with E-state index >= 15 is 0 Å². The Morgan fingerprint density at radius 1 is 0.833 bits per heavy atom. The van der Waals surface area contributed by atoms with Gasteiger partial charge in [0.05, 0.1) is 5.69 Å². The molecule has 1 aromatic carbocycles. The van der Waals surface area contributed by atoms with Crippen LogP contribution in [0.5, 0.6) is 0 Å². The highest BCUT2D eigenvalue weighted by molar-refractivity contribution is 6.12. The summed E-state index contributed by atoms with van der Waals surface area (Å²) in [5.74, 6) is 4.58. The van der Waals surface area contributed by atoms with E-state index < -0.39 is 17.8 Å². The van der Waals surface area contributed by atoms with Gasteiger partial charge in [-0.15, -0.1) is 0 Å². The molecule has 11 heteroatoms. The summed E-state index contributed by atoms with van der Waals surface area (Å²) < 4.78 is 0. The van der Waals surface area contributed by atoms with Crippen molar-refractivity contribution in [3.05, 3.63) is 41.5 Å². The second-order valence-corrected chi connectivity index (χ2v) is 7.49. The van der Waals surface area contributed by atoms with E-state index in [-0.39, 0.29) is 53.9 Å². The number of aliphatic carboxylic acids is 2. The van der Waals surface area contributed by atoms with Crippen LogP contribution in [0.25, 0.3) is 0 Å². The Balaban J connectivity index is 1.78. The number of unbranched alkanes of at least 4 members (excludes halogenated alkanes) is 2. The number of anilines is 1. The van der Waals surface area contributed by atoms with Crippen molar-refractivity contribution < 1.29 is 39.0 Å². The zero-order valence-corrected chi connectivity index (χ0v) is 19.1. The Hall–Kier alpha value is -4.90. The van der Waals surface area contributed by atoms with Crippen LogP contribution in [0, 0.1) is 23.7 Å². The van der Waals surface area contributed by atoms with Crippen molar-refractivity contribution in [2.75, 3.05) is 18.4 Å². The zero-order chi connectivity index (χ0) is 26.5. The van der Waals surface area contributed by atoms with Crippen LogP contribution in [0.2, 0.25) is 0 Å². The predicted molar refractivity (Wildman–Crippen MR) is 126 cm³/mol. The topological polar surface area (TPSA) is 170 Å². The quantitative estimate of drug-likeness (QED) is 0.207. The summed E-state index contributed by atoms with van der Waals surface area (Å²) in [6.45, 7) is 0.357. The second-order valence-electron chi connectivity index (χ2n) is 7.49. The highest BCUT2D eigenvalue weighted by Crippen LogP contribution is 2.17. The molecule has 186 valence electrons. The molecule has 4 N–H and O–H groups in total. The lowest BCUT2D eigenvalue weighted by atomic mass is 10.1. The molecule has 1 aromatic rings. The number of benzene rings is 1. The van der Waals surface area contributed by atoms with Gasteiger partial charge in [0.25, 0.3) is 11.8 Å². The smallest absolute Gasteiger partial charge is 0.382 e. The van der Waals surface area contributed by atoms with Crippen molar-refractivity contribution in [3.63, 3.8) is 0 Å². The van der Waals surface area contributed by atoms with E-state index in [0.717, 1.165) is 4.90 Å². The van der Waals surface area contributed by atoms with Crippen LogP contribution in [-0.4, -0.2) is 63.8 Å². The molecule has 0 saturated carbocycles. The highest BCUT2D eigenvalue weighted by atomic mass is 16.4. The summed E-state index contributed by atoms with van der Waals surface area (Å²) >= 11 is 0. The van der Waals surface area contributed by atoms with Crippen LogP contribution in [0.3, 0.4) is 0 Å². The molecule has 0 aromatic heterocycles. The van der Waals surface area contributed by atoms with Gasteiger partial charge in [0.1, 0.15) is 0 Å². The van der Waals surface area contributed by atoms with Gasteiger partial charge in [-0.2, -0.15) is 0 Å². The molecular weight excluding hydrogens is 470 g/mol. The molecule has 0 atom stereocenters. The number of nitrogens with one attached hydrogen (secondary N) is 2. The van der Waals surface area contributed by atoms with E-state index in [1.54, 1.807) is 0 Å². The molecule has 4 amide bonds. The average molecular weight is 493 g/mol. The standard InChI is InChI=1S/C25H23N3O8/c29-20(4-2-1-3-15-28-22(31)9-10-23(28)32)26-14-13-21(30)27-19-16-17(6-11-24(33)34)5-7-18(19)8-12-25(35)36/h5,7,9-10,16H,1-4,13-15H2,(H,26,29)(H,27,30)(H,33,34)(H,35,36). The highest BCUT2D eigenvalue weighted by Gasteiger charge is 2.22. The molecular formula is C25H23N3O8. The van der Waals surface area contributed by atoms with Crippen molar-refractivity contribution in [2.45, 2.75) is 32.1 Å². The van der Waals surface area contributed by atoms with Crippen LogP contribution >= 0.6 is 0 Å². The van der Waals surface area contributed by atoms with Gasteiger partial charge in [-0.25, -0.2) is 9.59 Å². The van der Waals surface area contributed by atoms with E-state index in [4.69, 9.17) is 10.2 Å². The second kappa shape index (κ2) is 13.7. The minimum Gasteiger partial charge on any atom is -0.472 e. The maximum absolute atomic E-state index is 12.3. The number of rotatable bonds is 10. The molecule has 1 aliphatic rings. The van der Waals surface area contributed by atoms with Crippen molar-refractivity contribution in [1.29, 1.82) is 0 Å². The predicted octanol–water partition coefficient (Wildman–Crippen LogP) is 0.489. The number of carboxylic acids is 2. The van der Waals surface area contributed by atoms with Crippen LogP contribution < -0.4 is 10.6 Å². The lowest BCUT2D eigenvalue weighted by molar-refractivity contribution is -0.137. The molecule has 0 unspecified atom stereocenters. The number of nitrogens with zero attached hydrogens (tertiary/aromatic N) is 1. The number of carbonyl (C=O) groups is 6. The van der Waals surface area contributed by atoms with E-state index in [0.29, 0.717) is 25.8 Å². The molecule has 36 heavy (non-hydrogen) atoms. The van der Waals surface area contributed by atoms with Crippen LogP contribution in [0.15, 0.2) is 30.4 Å². The van der Waals surface area contributed by atoms with Crippen LogP contribution in [-0.2, 0) is 28.8 Å². The minimum absolute atomic E-state index is 0.0573. The van der Waals surface area contributed by atoms with Gasteiger partial charge in [0.2, 0.25) is 11.8 Å². The lowest BCUT2D eigenvalue weighted by Gasteiger charge is -2.13. The Morgan fingerprint density at radius 3 is 2.17 bits per heavy atom. The molecule has 0 bridgehead atoms. The largest absolute Gasteiger partial charge is 0.472 e. The molecule has 0 spiro atoms. The third kappa shape index (κ3) is 9.53. The van der Waals surface area contributed by atoms with Crippen LogP contribution in [0.1, 0.15) is 43.2 Å². The SMILES string of the molecule is O=C(O)C#Cc1ccc(C#CC(=O)O)c(NC(=O)CCNC(=O)CCCCCN2C(=O)C=CC2=O)c1. The van der Waals surface area contributed by atoms with Crippen molar-refractivity contribution >= 4 is 41.3 Å². The molecule has 0 fully saturated rings. The number of amides is 4. The van der Waals surface area contributed by atoms with Gasteiger partial charge < -0.3 is 20.8 Å². The van der Waals surface area contributed by atoms with E-state index in [1.807, 2.05) is 11.8 Å². The summed E-state index contributed by atoms with van der Waals surface area (Å²) in [7, 11) is 0. The number of hydrogen-bond acceptors (Lipinski definition) is 6. The first kappa shape index (κ1) is 27.3. The third-order valence-electron chi connectivity index (χ3n) is 4.77. The molecule has 0 saturated heterocycles. The van der Waals surface area contributed by atoms with E-state index in [9.17, 15) is 28.8 Å². The molecule has 0 aliphatic carbocycles. The summed E-state index contributed by atoms with van der Waals surface area (Å²) in [6.07, 6.45) is 4.37. The third-order valence-corrected chi connectivity index (χ3v) is 4.77. The number of carbonyl (C=O) groups excluding carboxylic acids is 4. The Kier molecular flexibility index (Phi) is 10.4. The first-order valence-corrected chi connectivity index (χ1v) is 10.9. The maximum atomic E-state index is 12.3. The minimum atomic E-state index is -1.36. The fourth-order valence-electron chi connectivity index (χ4n) is 3.08. The zero-order valence-electron chi connectivity index (χ0n) is 19.1. The van der Waals surface area contributed by atoms with Gasteiger partial charge >= 0.3 is 11.9 Å². The first-order chi connectivity index (χ1) is 17.2. The molecule has 0 radical (unpaired) electrons. The Bertz CT molecular complexity index is 1210. The first-order valence-electron chi connectivity index (χ1n) is 10.9. The van der Waals surface area contributed by atoms with Gasteiger partial charge in [-0.3, -0.25) is 24.1 Å². The Morgan fingerprint density at radius 2 is 1.50 bits per heavy atom. The van der Waals surface area contributed by atoms with Gasteiger partial charge in [-0.1, -0.05) is 18.3 Å². The number of hydrogen-bond donors (Lipinski definition) is 4. The van der Waals surface area contributed by atoms with Crippen molar-refractivity contribution in [2.24, 2.45) is 0 Å². The van der Waals surface area contributed by atoms with E-state index in [2.05, 4.69) is 22.5 Å². The normalized spacial score (nSPS) is 11.7. The molecule has 1 heterocycles. The maximum Gasteiger partial charge on any atom is 0.382 e. The van der Waals surface area contributed by atoms with Crippen molar-refractivity contribution in [3.8, 4) is 23.7 Å². The van der Waals surface area contributed by atoms with Gasteiger partial charge in [-0.05, 0) is 31.0 Å². The average Bonchev–Trinajstić information content (AvgIpc) is 3.13. The summed E-state index contributed by atoms with van der Waals surface area (Å²) in [5, 5.41) is 22.6. The Labute approximate surface area is 206 Å². The molecule has 2 rings (SSSR count). The van der Waals surface area contributed by atoms with Crippen molar-refractivity contribution in [1.82, 2.24) is 10.2 Å². The molecule has 1 aliphatic heterocycles. The summed E-state index contributed by atoms with van der Waals surface area (Å²) in [4.78, 5) is 69.7. The van der Waals surface area contributed by atoms with Gasteiger partial charge in [0.15, 0.2) is 0 Å². The summed E-state index contributed by atoms with van der Waals surface area (Å²) in [6, 6.07) is 4.22. The monoisotopic (exact) mass is 493 g/mol. The van der Waals surface area contributed by atoms with E-state index in [1.165, 1.54) is 30.4 Å². The molecule has 11 nitrogen and oxygen atoms in total. The van der Waals surface area contributed by atoms with Crippen LogP contribution in [0.4, 0.5) is 5.69 Å². The summed E-state index contributed by atoms with van der Waals surface area (Å²) in [5.41, 5.74) is 0.628. The van der Waals surface area contributed by atoms with Gasteiger partial charge in [0, 0.05) is 61.1 Å².